The van der Waals surface area contributed by atoms with E-state index in [1.165, 1.54) is 14.0 Å². The standard InChI is InChI=1S/C13H14N2O3/c1-9(16)15-13(17)11-5-3-7-12(18-2)10(11)6-4-8-14/h3,5,7H,4,6H2,1-2H3,(H,15,16,17). The first kappa shape index (κ1) is 13.7. The van der Waals surface area contributed by atoms with Gasteiger partial charge in [0.1, 0.15) is 5.75 Å². The Labute approximate surface area is 105 Å². The molecule has 0 saturated heterocycles. The largest absolute Gasteiger partial charge is 0.496 e. The van der Waals surface area contributed by atoms with Gasteiger partial charge in [-0.3, -0.25) is 14.9 Å². The van der Waals surface area contributed by atoms with E-state index in [4.69, 9.17) is 10.00 Å². The molecule has 0 spiro atoms. The number of nitriles is 1. The van der Waals surface area contributed by atoms with E-state index in [9.17, 15) is 9.59 Å². The van der Waals surface area contributed by atoms with Crippen LogP contribution in [0.5, 0.6) is 5.75 Å². The van der Waals surface area contributed by atoms with Gasteiger partial charge in [0.15, 0.2) is 0 Å². The lowest BCUT2D eigenvalue weighted by Gasteiger charge is -2.12. The van der Waals surface area contributed by atoms with E-state index < -0.39 is 11.8 Å². The third-order valence-corrected chi connectivity index (χ3v) is 2.37. The fraction of sp³-hybridized carbons (Fsp3) is 0.308. The number of hydrogen-bond acceptors (Lipinski definition) is 4. The van der Waals surface area contributed by atoms with Gasteiger partial charge in [0.2, 0.25) is 5.91 Å². The number of amides is 2. The highest BCUT2D eigenvalue weighted by Gasteiger charge is 2.15. The monoisotopic (exact) mass is 246 g/mol. The second kappa shape index (κ2) is 6.40. The van der Waals surface area contributed by atoms with Gasteiger partial charge in [0.05, 0.1) is 13.2 Å². The summed E-state index contributed by atoms with van der Waals surface area (Å²) in [5, 5.41) is 10.8. The molecule has 0 saturated carbocycles. The Morgan fingerprint density at radius 3 is 2.72 bits per heavy atom. The summed E-state index contributed by atoms with van der Waals surface area (Å²) in [7, 11) is 1.50. The topological polar surface area (TPSA) is 79.2 Å². The van der Waals surface area contributed by atoms with E-state index in [0.717, 1.165) is 0 Å². The van der Waals surface area contributed by atoms with Crippen LogP contribution in [0.15, 0.2) is 18.2 Å². The van der Waals surface area contributed by atoms with Crippen LogP contribution in [0.1, 0.15) is 29.3 Å². The number of carbonyl (C=O) groups is 2. The number of nitrogens with zero attached hydrogens (tertiary/aromatic N) is 1. The maximum Gasteiger partial charge on any atom is 0.258 e. The van der Waals surface area contributed by atoms with Gasteiger partial charge in [0, 0.05) is 24.5 Å². The Kier molecular flexibility index (Phi) is 4.88. The average Bonchev–Trinajstić information content (AvgIpc) is 2.34. The molecule has 1 N–H and O–H groups in total. The van der Waals surface area contributed by atoms with Crippen molar-refractivity contribution in [1.82, 2.24) is 5.32 Å². The van der Waals surface area contributed by atoms with Gasteiger partial charge in [-0.2, -0.15) is 5.26 Å². The lowest BCUT2D eigenvalue weighted by atomic mass is 10.0. The van der Waals surface area contributed by atoms with Crippen LogP contribution in [-0.2, 0) is 11.2 Å². The van der Waals surface area contributed by atoms with Gasteiger partial charge in [0.25, 0.3) is 5.91 Å². The smallest absolute Gasteiger partial charge is 0.258 e. The van der Waals surface area contributed by atoms with Crippen molar-refractivity contribution in [2.45, 2.75) is 19.8 Å². The van der Waals surface area contributed by atoms with Gasteiger partial charge in [-0.25, -0.2) is 0 Å². The summed E-state index contributed by atoms with van der Waals surface area (Å²) < 4.78 is 5.16. The van der Waals surface area contributed by atoms with Crippen molar-refractivity contribution < 1.29 is 14.3 Å². The summed E-state index contributed by atoms with van der Waals surface area (Å²) in [4.78, 5) is 22.7. The van der Waals surface area contributed by atoms with Crippen LogP contribution in [0.3, 0.4) is 0 Å². The van der Waals surface area contributed by atoms with Crippen LogP contribution in [-0.4, -0.2) is 18.9 Å². The molecule has 0 bridgehead atoms. The Morgan fingerprint density at radius 1 is 1.44 bits per heavy atom. The minimum absolute atomic E-state index is 0.278. The van der Waals surface area contributed by atoms with Gasteiger partial charge in [-0.15, -0.1) is 0 Å². The lowest BCUT2D eigenvalue weighted by molar-refractivity contribution is -0.118. The zero-order chi connectivity index (χ0) is 13.5. The van der Waals surface area contributed by atoms with Crippen molar-refractivity contribution >= 4 is 11.8 Å². The Balaban J connectivity index is 3.13. The average molecular weight is 246 g/mol. The zero-order valence-corrected chi connectivity index (χ0v) is 10.3. The molecule has 0 aromatic heterocycles. The van der Waals surface area contributed by atoms with E-state index >= 15 is 0 Å². The second-order valence-electron chi connectivity index (χ2n) is 3.65. The molecule has 0 aliphatic carbocycles. The first-order chi connectivity index (χ1) is 8.60. The van der Waals surface area contributed by atoms with Gasteiger partial charge in [-0.05, 0) is 18.6 Å². The summed E-state index contributed by atoms with van der Waals surface area (Å²) >= 11 is 0. The summed E-state index contributed by atoms with van der Waals surface area (Å²) in [5.74, 6) is -0.357. The van der Waals surface area contributed by atoms with Crippen molar-refractivity contribution in [1.29, 1.82) is 5.26 Å². The first-order valence-corrected chi connectivity index (χ1v) is 5.45. The molecular formula is C13H14N2O3. The summed E-state index contributed by atoms with van der Waals surface area (Å²) in [6.45, 7) is 1.27. The van der Waals surface area contributed by atoms with E-state index in [2.05, 4.69) is 5.32 Å². The molecule has 1 aromatic carbocycles. The quantitative estimate of drug-likeness (QED) is 0.871. The van der Waals surface area contributed by atoms with Crippen LogP contribution < -0.4 is 10.1 Å². The third kappa shape index (κ3) is 3.32. The van der Waals surface area contributed by atoms with Crippen LogP contribution >= 0.6 is 0 Å². The molecule has 94 valence electrons. The summed E-state index contributed by atoms with van der Waals surface area (Å²) in [6, 6.07) is 7.01. The predicted octanol–water partition coefficient (Wildman–Crippen LogP) is 1.43. The molecule has 0 atom stereocenters. The van der Waals surface area contributed by atoms with E-state index in [-0.39, 0.29) is 6.42 Å². The molecule has 5 nitrogen and oxygen atoms in total. The zero-order valence-electron chi connectivity index (χ0n) is 10.3. The molecule has 18 heavy (non-hydrogen) atoms. The molecule has 1 rings (SSSR count). The molecule has 0 fully saturated rings. The predicted molar refractivity (Wildman–Crippen MR) is 65.1 cm³/mol. The Hall–Kier alpha value is -2.35. The normalized spacial score (nSPS) is 9.39. The minimum Gasteiger partial charge on any atom is -0.496 e. The number of imide groups is 1. The van der Waals surface area contributed by atoms with Gasteiger partial charge < -0.3 is 4.74 Å². The van der Waals surface area contributed by atoms with Crippen LogP contribution in [0, 0.1) is 11.3 Å². The van der Waals surface area contributed by atoms with Crippen molar-refractivity contribution in [3.05, 3.63) is 29.3 Å². The Morgan fingerprint density at radius 2 is 2.17 bits per heavy atom. The molecule has 0 radical (unpaired) electrons. The second-order valence-corrected chi connectivity index (χ2v) is 3.65. The molecular weight excluding hydrogens is 232 g/mol. The van der Waals surface area contributed by atoms with Crippen molar-refractivity contribution in [2.75, 3.05) is 7.11 Å². The molecule has 0 heterocycles. The molecule has 5 heteroatoms. The molecule has 2 amide bonds. The number of ether oxygens (including phenoxy) is 1. The van der Waals surface area contributed by atoms with Gasteiger partial charge >= 0.3 is 0 Å². The number of rotatable bonds is 4. The van der Waals surface area contributed by atoms with E-state index in [0.29, 0.717) is 23.3 Å². The van der Waals surface area contributed by atoms with Crippen molar-refractivity contribution in [2.24, 2.45) is 0 Å². The van der Waals surface area contributed by atoms with Crippen molar-refractivity contribution in [3.63, 3.8) is 0 Å². The summed E-state index contributed by atoms with van der Waals surface area (Å²) in [6.07, 6.45) is 0.682. The van der Waals surface area contributed by atoms with Crippen molar-refractivity contribution in [3.8, 4) is 11.8 Å². The number of benzene rings is 1. The fourth-order valence-electron chi connectivity index (χ4n) is 1.64. The van der Waals surface area contributed by atoms with Crippen LogP contribution in [0.25, 0.3) is 0 Å². The highest BCUT2D eigenvalue weighted by molar-refractivity contribution is 6.05. The highest BCUT2D eigenvalue weighted by Crippen LogP contribution is 2.23. The van der Waals surface area contributed by atoms with E-state index in [1.54, 1.807) is 18.2 Å². The molecule has 0 aliphatic rings. The SMILES string of the molecule is COc1cccc(C(=O)NC(C)=O)c1CCC#N. The van der Waals surface area contributed by atoms with Gasteiger partial charge in [-0.1, -0.05) is 6.07 Å². The fourth-order valence-corrected chi connectivity index (χ4v) is 1.64. The third-order valence-electron chi connectivity index (χ3n) is 2.37. The van der Waals surface area contributed by atoms with Crippen LogP contribution in [0.4, 0.5) is 0 Å². The minimum atomic E-state index is -0.477. The molecule has 0 unspecified atom stereocenters. The number of hydrogen-bond donors (Lipinski definition) is 1. The maximum atomic E-state index is 11.8. The first-order valence-electron chi connectivity index (χ1n) is 5.45. The Bertz CT molecular complexity index is 503. The lowest BCUT2D eigenvalue weighted by Crippen LogP contribution is -2.28. The van der Waals surface area contributed by atoms with E-state index in [1.807, 2.05) is 6.07 Å². The number of carbonyl (C=O) groups excluding carboxylic acids is 2. The maximum absolute atomic E-state index is 11.8. The molecule has 1 aromatic rings. The van der Waals surface area contributed by atoms with Crippen LogP contribution in [0.2, 0.25) is 0 Å². The highest BCUT2D eigenvalue weighted by atomic mass is 16.5. The molecule has 0 aliphatic heterocycles. The number of nitrogens with one attached hydrogen (secondary N) is 1. The number of methoxy groups -OCH3 is 1. The summed E-state index contributed by atoms with van der Waals surface area (Å²) in [5.41, 5.74) is 1.00.